The zero-order chi connectivity index (χ0) is 16.4. The van der Waals surface area contributed by atoms with Crippen molar-refractivity contribution in [1.29, 1.82) is 0 Å². The normalized spacial score (nSPS) is 11.2. The minimum absolute atomic E-state index is 0.0611. The number of carbonyl (C=O) groups excluding carboxylic acids is 1. The summed E-state index contributed by atoms with van der Waals surface area (Å²) >= 11 is 0. The van der Waals surface area contributed by atoms with Crippen molar-refractivity contribution in [2.24, 2.45) is 7.05 Å². The standard InChI is InChI=1S/C14H19F2N5O/c1-9-5-12(14(15)16)18-21(9)8-13(22)19(3)7-11-6-17-20(4)10(11)2/h5-6,14H,7-8H2,1-4H3. The number of aromatic nitrogens is 4. The van der Waals surface area contributed by atoms with E-state index >= 15 is 0 Å². The van der Waals surface area contributed by atoms with Crippen LogP contribution in [0.3, 0.4) is 0 Å². The van der Waals surface area contributed by atoms with Crippen LogP contribution in [0.1, 0.15) is 29.1 Å². The molecule has 22 heavy (non-hydrogen) atoms. The van der Waals surface area contributed by atoms with Crippen LogP contribution in [0.15, 0.2) is 12.3 Å². The van der Waals surface area contributed by atoms with E-state index in [0.717, 1.165) is 11.3 Å². The SMILES string of the molecule is Cc1c(CN(C)C(=O)Cn2nc(C(F)F)cc2C)cnn1C. The summed E-state index contributed by atoms with van der Waals surface area (Å²) in [6.45, 7) is 3.93. The van der Waals surface area contributed by atoms with Gasteiger partial charge in [0.1, 0.15) is 12.2 Å². The van der Waals surface area contributed by atoms with Gasteiger partial charge in [-0.25, -0.2) is 8.78 Å². The number of aryl methyl sites for hydroxylation is 2. The molecule has 0 saturated heterocycles. The Hall–Kier alpha value is -2.25. The molecule has 0 unspecified atom stereocenters. The Morgan fingerprint density at radius 1 is 1.41 bits per heavy atom. The summed E-state index contributed by atoms with van der Waals surface area (Å²) in [5.74, 6) is -0.199. The van der Waals surface area contributed by atoms with Crippen molar-refractivity contribution < 1.29 is 13.6 Å². The summed E-state index contributed by atoms with van der Waals surface area (Å²) in [7, 11) is 3.50. The van der Waals surface area contributed by atoms with Gasteiger partial charge >= 0.3 is 0 Å². The van der Waals surface area contributed by atoms with Gasteiger partial charge in [0.05, 0.1) is 6.20 Å². The Kier molecular flexibility index (Phi) is 4.58. The number of hydrogen-bond donors (Lipinski definition) is 0. The van der Waals surface area contributed by atoms with Crippen LogP contribution in [-0.2, 0) is 24.9 Å². The number of rotatable bonds is 5. The predicted octanol–water partition coefficient (Wildman–Crippen LogP) is 1.83. The summed E-state index contributed by atoms with van der Waals surface area (Å²) in [6, 6.07) is 1.29. The number of nitrogens with zero attached hydrogens (tertiary/aromatic N) is 5. The fourth-order valence-corrected chi connectivity index (χ4v) is 2.09. The Morgan fingerprint density at radius 3 is 2.59 bits per heavy atom. The van der Waals surface area contributed by atoms with Crippen molar-refractivity contribution >= 4 is 5.91 Å². The minimum Gasteiger partial charge on any atom is -0.340 e. The van der Waals surface area contributed by atoms with Gasteiger partial charge in [0.25, 0.3) is 6.43 Å². The van der Waals surface area contributed by atoms with Crippen molar-refractivity contribution in [3.05, 3.63) is 34.9 Å². The van der Waals surface area contributed by atoms with Gasteiger partial charge in [-0.1, -0.05) is 0 Å². The summed E-state index contributed by atoms with van der Waals surface area (Å²) in [5.41, 5.74) is 2.16. The maximum atomic E-state index is 12.6. The summed E-state index contributed by atoms with van der Waals surface area (Å²) in [6.07, 6.45) is -0.918. The van der Waals surface area contributed by atoms with Crippen LogP contribution in [0.2, 0.25) is 0 Å². The number of hydrogen-bond acceptors (Lipinski definition) is 3. The van der Waals surface area contributed by atoms with Gasteiger partial charge in [-0.15, -0.1) is 0 Å². The lowest BCUT2D eigenvalue weighted by Crippen LogP contribution is -2.30. The molecule has 0 aliphatic carbocycles. The third kappa shape index (κ3) is 3.32. The zero-order valence-corrected chi connectivity index (χ0v) is 13.0. The highest BCUT2D eigenvalue weighted by Crippen LogP contribution is 2.18. The number of carbonyl (C=O) groups is 1. The fourth-order valence-electron chi connectivity index (χ4n) is 2.09. The first-order valence-electron chi connectivity index (χ1n) is 6.83. The second-order valence-electron chi connectivity index (χ2n) is 5.30. The maximum absolute atomic E-state index is 12.6. The van der Waals surface area contributed by atoms with E-state index in [-0.39, 0.29) is 18.1 Å². The Morgan fingerprint density at radius 2 is 2.09 bits per heavy atom. The van der Waals surface area contributed by atoms with Crippen LogP contribution < -0.4 is 0 Å². The topological polar surface area (TPSA) is 56.0 Å². The van der Waals surface area contributed by atoms with E-state index in [9.17, 15) is 13.6 Å². The van der Waals surface area contributed by atoms with Crippen molar-refractivity contribution in [3.63, 3.8) is 0 Å². The number of likely N-dealkylation sites (N-methyl/N-ethyl adjacent to an activating group) is 1. The van der Waals surface area contributed by atoms with E-state index in [2.05, 4.69) is 10.2 Å². The molecule has 0 aliphatic rings. The first-order valence-corrected chi connectivity index (χ1v) is 6.83. The van der Waals surface area contributed by atoms with E-state index in [1.54, 1.807) is 24.9 Å². The molecule has 1 amide bonds. The molecule has 0 fully saturated rings. The first kappa shape index (κ1) is 16.1. The molecule has 6 nitrogen and oxygen atoms in total. The second kappa shape index (κ2) is 6.25. The van der Waals surface area contributed by atoms with Crippen molar-refractivity contribution in [2.45, 2.75) is 33.4 Å². The van der Waals surface area contributed by atoms with Crippen LogP contribution in [-0.4, -0.2) is 37.4 Å². The first-order chi connectivity index (χ1) is 10.3. The summed E-state index contributed by atoms with van der Waals surface area (Å²) in [5, 5.41) is 7.89. The summed E-state index contributed by atoms with van der Waals surface area (Å²) in [4.78, 5) is 13.8. The number of alkyl halides is 2. The second-order valence-corrected chi connectivity index (χ2v) is 5.30. The van der Waals surface area contributed by atoms with Gasteiger partial charge in [-0.05, 0) is 19.9 Å². The molecule has 0 aromatic carbocycles. The van der Waals surface area contributed by atoms with Gasteiger partial charge in [0, 0.05) is 37.6 Å². The van der Waals surface area contributed by atoms with Crippen LogP contribution in [0.5, 0.6) is 0 Å². The van der Waals surface area contributed by atoms with Crippen molar-refractivity contribution in [1.82, 2.24) is 24.5 Å². The minimum atomic E-state index is -2.63. The molecule has 2 aromatic heterocycles. The van der Waals surface area contributed by atoms with Gasteiger partial charge in [0.15, 0.2) is 0 Å². The molecular weight excluding hydrogens is 292 g/mol. The summed E-state index contributed by atoms with van der Waals surface area (Å²) < 4.78 is 28.3. The highest BCUT2D eigenvalue weighted by atomic mass is 19.3. The van der Waals surface area contributed by atoms with Crippen LogP contribution in [0.25, 0.3) is 0 Å². The predicted molar refractivity (Wildman–Crippen MR) is 76.3 cm³/mol. The molecule has 0 atom stereocenters. The van der Waals surface area contributed by atoms with Crippen LogP contribution in [0.4, 0.5) is 8.78 Å². The van der Waals surface area contributed by atoms with Gasteiger partial charge in [0.2, 0.25) is 5.91 Å². The average molecular weight is 311 g/mol. The van der Waals surface area contributed by atoms with Gasteiger partial charge in [-0.3, -0.25) is 14.2 Å². The molecular formula is C14H19F2N5O. The third-order valence-corrected chi connectivity index (χ3v) is 3.68. The maximum Gasteiger partial charge on any atom is 0.282 e. The zero-order valence-electron chi connectivity index (χ0n) is 13.0. The number of halogens is 2. The molecule has 2 rings (SSSR count). The van der Waals surface area contributed by atoms with Crippen molar-refractivity contribution in [2.75, 3.05) is 7.05 Å². The smallest absolute Gasteiger partial charge is 0.282 e. The quantitative estimate of drug-likeness (QED) is 0.846. The molecule has 0 N–H and O–H groups in total. The molecule has 8 heteroatoms. The molecule has 2 heterocycles. The van der Waals surface area contributed by atoms with E-state index in [1.807, 2.05) is 14.0 Å². The van der Waals surface area contributed by atoms with Crippen LogP contribution >= 0.6 is 0 Å². The Labute approximate surface area is 127 Å². The van der Waals surface area contributed by atoms with Crippen LogP contribution in [0, 0.1) is 13.8 Å². The van der Waals surface area contributed by atoms with Gasteiger partial charge in [-0.2, -0.15) is 10.2 Å². The third-order valence-electron chi connectivity index (χ3n) is 3.68. The van der Waals surface area contributed by atoms with Gasteiger partial charge < -0.3 is 4.90 Å². The molecule has 0 saturated carbocycles. The molecule has 0 aliphatic heterocycles. The highest BCUT2D eigenvalue weighted by molar-refractivity contribution is 5.75. The Bertz CT molecular complexity index is 677. The average Bonchev–Trinajstić information content (AvgIpc) is 2.97. The number of amides is 1. The largest absolute Gasteiger partial charge is 0.340 e. The molecule has 0 radical (unpaired) electrons. The molecule has 0 bridgehead atoms. The lowest BCUT2D eigenvalue weighted by atomic mass is 10.2. The van der Waals surface area contributed by atoms with E-state index in [1.165, 1.54) is 15.6 Å². The Balaban J connectivity index is 2.04. The van der Waals surface area contributed by atoms with E-state index in [0.29, 0.717) is 12.2 Å². The van der Waals surface area contributed by atoms with E-state index < -0.39 is 6.43 Å². The fraction of sp³-hybridized carbons (Fsp3) is 0.500. The monoisotopic (exact) mass is 311 g/mol. The lowest BCUT2D eigenvalue weighted by molar-refractivity contribution is -0.131. The molecule has 120 valence electrons. The highest BCUT2D eigenvalue weighted by Gasteiger charge is 2.17. The molecule has 0 spiro atoms. The van der Waals surface area contributed by atoms with Crippen molar-refractivity contribution in [3.8, 4) is 0 Å². The lowest BCUT2D eigenvalue weighted by Gasteiger charge is -2.17. The molecule has 2 aromatic rings. The van der Waals surface area contributed by atoms with E-state index in [4.69, 9.17) is 0 Å².